The topological polar surface area (TPSA) is 108 Å². The maximum atomic E-state index is 13.3. The number of esters is 1. The fourth-order valence-electron chi connectivity index (χ4n) is 2.12. The van der Waals surface area contributed by atoms with Gasteiger partial charge in [0, 0.05) is 17.8 Å². The molecule has 146 valence electrons. The molecule has 0 aliphatic carbocycles. The molecule has 0 spiro atoms. The number of halogens is 1. The second kappa shape index (κ2) is 9.81. The molecule has 9 heteroatoms. The third-order valence-corrected chi connectivity index (χ3v) is 3.38. The van der Waals surface area contributed by atoms with Crippen molar-refractivity contribution in [2.75, 3.05) is 18.5 Å². The molecule has 2 aromatic carbocycles. The summed E-state index contributed by atoms with van der Waals surface area (Å²) in [6.07, 6.45) is 2.67. The van der Waals surface area contributed by atoms with E-state index in [0.29, 0.717) is 12.4 Å². The molecule has 2 aromatic rings. The highest BCUT2D eigenvalue weighted by atomic mass is 19.1. The number of carbonyl (C=O) groups is 2. The normalized spacial score (nSPS) is 10.5. The minimum Gasteiger partial charge on any atom is -0.494 e. The molecule has 8 nitrogen and oxygen atoms in total. The third-order valence-electron chi connectivity index (χ3n) is 3.38. The molecule has 0 aliphatic heterocycles. The summed E-state index contributed by atoms with van der Waals surface area (Å²) in [4.78, 5) is 33.2. The van der Waals surface area contributed by atoms with Crippen molar-refractivity contribution in [1.29, 1.82) is 0 Å². The van der Waals surface area contributed by atoms with E-state index in [1.54, 1.807) is 24.3 Å². The summed E-state index contributed by atoms with van der Waals surface area (Å²) in [5, 5.41) is 13.0. The van der Waals surface area contributed by atoms with E-state index in [9.17, 15) is 24.1 Å². The average molecular weight is 388 g/mol. The van der Waals surface area contributed by atoms with Crippen LogP contribution in [0.1, 0.15) is 12.5 Å². The number of hydrogen-bond acceptors (Lipinski definition) is 6. The molecule has 2 rings (SSSR count). The Balaban J connectivity index is 1.84. The Morgan fingerprint density at radius 1 is 1.21 bits per heavy atom. The molecule has 0 saturated heterocycles. The maximum Gasteiger partial charge on any atom is 0.331 e. The molecule has 0 fully saturated rings. The zero-order valence-electron chi connectivity index (χ0n) is 14.9. The van der Waals surface area contributed by atoms with Gasteiger partial charge < -0.3 is 14.8 Å². The fourth-order valence-corrected chi connectivity index (χ4v) is 2.12. The zero-order valence-corrected chi connectivity index (χ0v) is 14.9. The maximum absolute atomic E-state index is 13.3. The van der Waals surface area contributed by atoms with E-state index in [4.69, 9.17) is 9.47 Å². The predicted octanol–water partition coefficient (Wildman–Crippen LogP) is 3.33. The van der Waals surface area contributed by atoms with Gasteiger partial charge in [0.2, 0.25) is 5.82 Å². The van der Waals surface area contributed by atoms with Gasteiger partial charge in [0.1, 0.15) is 5.75 Å². The van der Waals surface area contributed by atoms with Crippen molar-refractivity contribution >= 4 is 29.3 Å². The quantitative estimate of drug-likeness (QED) is 0.322. The highest BCUT2D eigenvalue weighted by Gasteiger charge is 2.15. The van der Waals surface area contributed by atoms with Gasteiger partial charge in [0.05, 0.1) is 11.5 Å². The summed E-state index contributed by atoms with van der Waals surface area (Å²) in [5.41, 5.74) is -0.0179. The van der Waals surface area contributed by atoms with Crippen LogP contribution >= 0.6 is 0 Å². The van der Waals surface area contributed by atoms with Gasteiger partial charge in [0.25, 0.3) is 5.91 Å². The molecule has 1 amide bonds. The molecule has 0 radical (unpaired) electrons. The number of carbonyl (C=O) groups excluding carboxylic acids is 2. The number of anilines is 1. The van der Waals surface area contributed by atoms with E-state index >= 15 is 0 Å². The number of nitrogens with zero attached hydrogens (tertiary/aromatic N) is 1. The van der Waals surface area contributed by atoms with Crippen molar-refractivity contribution in [3.63, 3.8) is 0 Å². The highest BCUT2D eigenvalue weighted by Crippen LogP contribution is 2.21. The van der Waals surface area contributed by atoms with Crippen LogP contribution in [0.2, 0.25) is 0 Å². The van der Waals surface area contributed by atoms with E-state index in [2.05, 4.69) is 5.32 Å². The summed E-state index contributed by atoms with van der Waals surface area (Å²) < 4.78 is 23.4. The van der Waals surface area contributed by atoms with Crippen molar-refractivity contribution in [2.45, 2.75) is 6.92 Å². The first-order valence-corrected chi connectivity index (χ1v) is 8.20. The van der Waals surface area contributed by atoms with Gasteiger partial charge in [-0.05, 0) is 42.8 Å². The van der Waals surface area contributed by atoms with Crippen LogP contribution in [0, 0.1) is 15.9 Å². The van der Waals surface area contributed by atoms with E-state index < -0.39 is 34.9 Å². The fraction of sp³-hybridized carbons (Fsp3) is 0.158. The van der Waals surface area contributed by atoms with Crippen molar-refractivity contribution in [3.05, 3.63) is 70.0 Å². The average Bonchev–Trinajstić information content (AvgIpc) is 2.67. The summed E-state index contributed by atoms with van der Waals surface area (Å²) in [6.45, 7) is 1.82. The van der Waals surface area contributed by atoms with Gasteiger partial charge in [-0.15, -0.1) is 0 Å². The summed E-state index contributed by atoms with van der Waals surface area (Å²) in [7, 11) is 0. The van der Waals surface area contributed by atoms with Crippen LogP contribution in [0.5, 0.6) is 5.75 Å². The first-order valence-electron chi connectivity index (χ1n) is 8.20. The van der Waals surface area contributed by atoms with Crippen molar-refractivity contribution < 1.29 is 28.4 Å². The molecular formula is C19H17FN2O6. The lowest BCUT2D eigenvalue weighted by Gasteiger charge is -2.05. The Hall–Kier alpha value is -3.75. The minimum atomic E-state index is -1.02. The predicted molar refractivity (Wildman–Crippen MR) is 99.3 cm³/mol. The standard InChI is InChI=1S/C19H17FN2O6/c1-2-27-15-7-3-13(4-8-15)5-10-19(24)28-12-18(23)21-14-6-9-16(20)17(11-14)22(25)26/h3-11H,2,12H2,1H3,(H,21,23). The molecule has 28 heavy (non-hydrogen) atoms. The number of nitro benzene ring substituents is 1. The molecule has 0 heterocycles. The van der Waals surface area contributed by atoms with Crippen LogP contribution in [0.15, 0.2) is 48.5 Å². The molecular weight excluding hydrogens is 371 g/mol. The lowest BCUT2D eigenvalue weighted by Crippen LogP contribution is -2.20. The second-order valence-corrected chi connectivity index (χ2v) is 5.41. The van der Waals surface area contributed by atoms with E-state index in [1.165, 1.54) is 6.08 Å². The Kier molecular flexibility index (Phi) is 7.21. The van der Waals surface area contributed by atoms with E-state index in [-0.39, 0.29) is 5.69 Å². The second-order valence-electron chi connectivity index (χ2n) is 5.41. The van der Waals surface area contributed by atoms with Crippen molar-refractivity contribution in [1.82, 2.24) is 0 Å². The van der Waals surface area contributed by atoms with E-state index in [0.717, 1.165) is 29.8 Å². The zero-order chi connectivity index (χ0) is 20.5. The Bertz CT molecular complexity index is 896. The molecule has 1 N–H and O–H groups in total. The molecule has 0 atom stereocenters. The summed E-state index contributed by atoms with van der Waals surface area (Å²) in [6, 6.07) is 9.91. The minimum absolute atomic E-state index is 0.0130. The van der Waals surface area contributed by atoms with Gasteiger partial charge in [0.15, 0.2) is 6.61 Å². The largest absolute Gasteiger partial charge is 0.494 e. The molecule has 0 aliphatic rings. The van der Waals surface area contributed by atoms with Gasteiger partial charge in [-0.2, -0.15) is 4.39 Å². The first kappa shape index (κ1) is 20.6. The number of hydrogen-bond donors (Lipinski definition) is 1. The Morgan fingerprint density at radius 2 is 1.93 bits per heavy atom. The van der Waals surface area contributed by atoms with Crippen LogP contribution in [0.25, 0.3) is 6.08 Å². The third kappa shape index (κ3) is 6.20. The monoisotopic (exact) mass is 388 g/mol. The number of amides is 1. The van der Waals surface area contributed by atoms with Crippen molar-refractivity contribution in [3.8, 4) is 5.75 Å². The summed E-state index contributed by atoms with van der Waals surface area (Å²) in [5.74, 6) is -1.77. The first-order chi connectivity index (χ1) is 13.4. The van der Waals surface area contributed by atoms with Crippen LogP contribution in [0.3, 0.4) is 0 Å². The lowest BCUT2D eigenvalue weighted by molar-refractivity contribution is -0.387. The molecule has 0 aromatic heterocycles. The molecule has 0 bridgehead atoms. The van der Waals surface area contributed by atoms with Gasteiger partial charge >= 0.3 is 11.7 Å². The SMILES string of the molecule is CCOc1ccc(C=CC(=O)OCC(=O)Nc2ccc(F)c([N+](=O)[O-])c2)cc1. The molecule has 0 unspecified atom stereocenters. The number of rotatable bonds is 8. The van der Waals surface area contributed by atoms with Crippen LogP contribution in [0.4, 0.5) is 15.8 Å². The summed E-state index contributed by atoms with van der Waals surface area (Å²) >= 11 is 0. The van der Waals surface area contributed by atoms with E-state index in [1.807, 2.05) is 6.92 Å². The smallest absolute Gasteiger partial charge is 0.331 e. The number of benzene rings is 2. The van der Waals surface area contributed by atoms with Crippen molar-refractivity contribution in [2.24, 2.45) is 0 Å². The Morgan fingerprint density at radius 3 is 2.57 bits per heavy atom. The molecule has 0 saturated carbocycles. The highest BCUT2D eigenvalue weighted by molar-refractivity contribution is 5.94. The number of nitro groups is 1. The number of nitrogens with one attached hydrogen (secondary N) is 1. The lowest BCUT2D eigenvalue weighted by atomic mass is 10.2. The number of ether oxygens (including phenoxy) is 2. The van der Waals surface area contributed by atoms with Crippen LogP contribution < -0.4 is 10.1 Å². The van der Waals surface area contributed by atoms with Crippen LogP contribution in [-0.2, 0) is 14.3 Å². The van der Waals surface area contributed by atoms with Crippen LogP contribution in [-0.4, -0.2) is 30.0 Å². The van der Waals surface area contributed by atoms with Gasteiger partial charge in [-0.1, -0.05) is 12.1 Å². The van der Waals surface area contributed by atoms with Gasteiger partial charge in [-0.25, -0.2) is 4.79 Å². The Labute approximate surface area is 159 Å². The van der Waals surface area contributed by atoms with Gasteiger partial charge in [-0.3, -0.25) is 14.9 Å².